The summed E-state index contributed by atoms with van der Waals surface area (Å²) >= 11 is 0. The summed E-state index contributed by atoms with van der Waals surface area (Å²) in [6.45, 7) is 4.58. The van der Waals surface area contributed by atoms with Crippen molar-refractivity contribution < 1.29 is 42.9 Å². The van der Waals surface area contributed by atoms with Crippen molar-refractivity contribution in [3.63, 3.8) is 0 Å². The molecular formula is C59H107NO8. The van der Waals surface area contributed by atoms with Crippen molar-refractivity contribution in [2.75, 3.05) is 47.5 Å². The molecule has 0 spiro atoms. The topological polar surface area (TPSA) is 111 Å². The monoisotopic (exact) mass is 958 g/mol. The van der Waals surface area contributed by atoms with E-state index in [2.05, 4.69) is 62.5 Å². The zero-order valence-electron chi connectivity index (χ0n) is 45.0. The minimum absolute atomic E-state index is 0.150. The Morgan fingerprint density at radius 1 is 0.456 bits per heavy atom. The third-order valence-electron chi connectivity index (χ3n) is 12.3. The first-order valence-electron chi connectivity index (χ1n) is 28.3. The second-order valence-corrected chi connectivity index (χ2v) is 20.2. The fraction of sp³-hybridized carbons (Fsp3) is 0.814. The normalized spacial score (nSPS) is 13.1. The lowest BCUT2D eigenvalue weighted by atomic mass is 10.0. The molecule has 0 aromatic rings. The first-order valence-corrected chi connectivity index (χ1v) is 28.3. The van der Waals surface area contributed by atoms with E-state index in [1.165, 1.54) is 154 Å². The summed E-state index contributed by atoms with van der Waals surface area (Å²) in [7, 11) is 5.91. The lowest BCUT2D eigenvalue weighted by molar-refractivity contribution is -0.870. The Kier molecular flexibility index (Phi) is 48.6. The Labute approximate surface area is 419 Å². The Hall–Kier alpha value is -2.75. The van der Waals surface area contributed by atoms with Crippen molar-refractivity contribution >= 4 is 17.9 Å². The summed E-state index contributed by atoms with van der Waals surface area (Å²) in [6.07, 6.45) is 59.5. The van der Waals surface area contributed by atoms with E-state index in [0.717, 1.165) is 70.6 Å². The van der Waals surface area contributed by atoms with Crippen LogP contribution in [0, 0.1) is 0 Å². The van der Waals surface area contributed by atoms with E-state index in [0.29, 0.717) is 17.4 Å². The van der Waals surface area contributed by atoms with Crippen LogP contribution in [-0.4, -0.2) is 82.3 Å². The van der Waals surface area contributed by atoms with Crippen molar-refractivity contribution in [1.29, 1.82) is 0 Å². The molecule has 0 heterocycles. The predicted molar refractivity (Wildman–Crippen MR) is 283 cm³/mol. The molecule has 0 N–H and O–H groups in total. The molecule has 0 aliphatic carbocycles. The molecule has 0 aromatic heterocycles. The Morgan fingerprint density at radius 3 is 1.25 bits per heavy atom. The molecule has 0 rings (SSSR count). The number of ether oxygens (including phenoxy) is 4. The van der Waals surface area contributed by atoms with Gasteiger partial charge in [0.15, 0.2) is 12.4 Å². The van der Waals surface area contributed by atoms with Crippen LogP contribution in [0.2, 0.25) is 0 Å². The molecule has 0 amide bonds. The standard InChI is InChI=1S/C59H107NO8/c1-6-8-10-12-14-15-16-17-18-19-20-21-22-23-24-25-26-27-28-29-30-31-32-33-34-35-36-37-38-39-40-41-42-43-44-46-48-50-57(62)68-55(53-66-56(61)49-47-45-13-11-9-7-2)54-67-59(58(63)64)65-52-51-60(3,4)5/h8,10,14-15,17-18,20-21,55,59H,6-7,9,11-13,16,19,22-54H2,1-5H3/b10-8-,15-14-,18-17-,21-20-. The van der Waals surface area contributed by atoms with Gasteiger partial charge in [-0.3, -0.25) is 9.59 Å². The molecule has 0 aromatic carbocycles. The number of likely N-dealkylation sites (N-methyl/N-ethyl adjacent to an activating group) is 1. The van der Waals surface area contributed by atoms with Crippen molar-refractivity contribution in [1.82, 2.24) is 0 Å². The summed E-state index contributed by atoms with van der Waals surface area (Å²) < 4.78 is 22.5. The minimum atomic E-state index is -1.61. The van der Waals surface area contributed by atoms with Crippen molar-refractivity contribution in [3.05, 3.63) is 48.6 Å². The maximum atomic E-state index is 12.8. The molecule has 9 heteroatoms. The predicted octanol–water partition coefficient (Wildman–Crippen LogP) is 15.0. The molecule has 0 saturated carbocycles. The molecule has 0 saturated heterocycles. The molecule has 0 aliphatic heterocycles. The van der Waals surface area contributed by atoms with E-state index in [1.807, 2.05) is 21.1 Å². The van der Waals surface area contributed by atoms with E-state index in [-0.39, 0.29) is 32.2 Å². The van der Waals surface area contributed by atoms with Crippen LogP contribution < -0.4 is 5.11 Å². The van der Waals surface area contributed by atoms with Gasteiger partial charge in [0.1, 0.15) is 13.2 Å². The third kappa shape index (κ3) is 51.1. The summed E-state index contributed by atoms with van der Waals surface area (Å²) in [5.41, 5.74) is 0. The van der Waals surface area contributed by atoms with Gasteiger partial charge in [-0.1, -0.05) is 236 Å². The van der Waals surface area contributed by atoms with Gasteiger partial charge in [-0.15, -0.1) is 0 Å². The number of nitrogens with zero attached hydrogens (tertiary/aromatic N) is 1. The summed E-state index contributed by atoms with van der Waals surface area (Å²) in [5.74, 6) is -2.28. The van der Waals surface area contributed by atoms with Crippen molar-refractivity contribution in [3.8, 4) is 0 Å². The van der Waals surface area contributed by atoms with Gasteiger partial charge in [0.2, 0.25) is 0 Å². The largest absolute Gasteiger partial charge is 0.545 e. The fourth-order valence-corrected chi connectivity index (χ4v) is 8.00. The van der Waals surface area contributed by atoms with Crippen LogP contribution >= 0.6 is 0 Å². The number of allylic oxidation sites excluding steroid dienone is 8. The summed E-state index contributed by atoms with van der Waals surface area (Å²) in [4.78, 5) is 36.8. The average molecular weight is 959 g/mol. The van der Waals surface area contributed by atoms with Crippen LogP contribution in [0.15, 0.2) is 48.6 Å². The highest BCUT2D eigenvalue weighted by Gasteiger charge is 2.22. The van der Waals surface area contributed by atoms with Crippen LogP contribution in [0.25, 0.3) is 0 Å². The van der Waals surface area contributed by atoms with Gasteiger partial charge < -0.3 is 33.3 Å². The fourth-order valence-electron chi connectivity index (χ4n) is 8.00. The molecule has 2 atom stereocenters. The molecule has 9 nitrogen and oxygen atoms in total. The lowest BCUT2D eigenvalue weighted by Crippen LogP contribution is -2.44. The molecule has 0 radical (unpaired) electrons. The number of hydrogen-bond acceptors (Lipinski definition) is 8. The summed E-state index contributed by atoms with van der Waals surface area (Å²) in [5, 5.41) is 11.7. The first kappa shape index (κ1) is 65.2. The van der Waals surface area contributed by atoms with Gasteiger partial charge in [-0.2, -0.15) is 0 Å². The smallest absolute Gasteiger partial charge is 0.306 e. The zero-order valence-corrected chi connectivity index (χ0v) is 45.0. The van der Waals surface area contributed by atoms with Crippen LogP contribution in [0.1, 0.15) is 251 Å². The summed E-state index contributed by atoms with van der Waals surface area (Å²) in [6, 6.07) is 0. The van der Waals surface area contributed by atoms with E-state index < -0.39 is 24.3 Å². The number of esters is 2. The Bertz CT molecular complexity index is 1250. The second-order valence-electron chi connectivity index (χ2n) is 20.2. The highest BCUT2D eigenvalue weighted by Crippen LogP contribution is 2.17. The third-order valence-corrected chi connectivity index (χ3v) is 12.3. The molecule has 0 fully saturated rings. The number of quaternary nitrogens is 1. The maximum Gasteiger partial charge on any atom is 0.306 e. The van der Waals surface area contributed by atoms with Gasteiger partial charge in [-0.05, 0) is 51.4 Å². The van der Waals surface area contributed by atoms with E-state index >= 15 is 0 Å². The SMILES string of the molecule is CC/C=C\C/C=C\C/C=C\C/C=C\CCCCCCCCCCCCCCCCCCCCCCCCCCC(=O)OC(COC(=O)CCCCCCCC)COC(OCC[N+](C)(C)C)C(=O)[O-]. The molecule has 0 aliphatic rings. The number of unbranched alkanes of at least 4 members (excludes halogenated alkanes) is 29. The molecule has 2 unspecified atom stereocenters. The maximum absolute atomic E-state index is 12.8. The number of aliphatic carboxylic acids is 1. The highest BCUT2D eigenvalue weighted by molar-refractivity contribution is 5.70. The van der Waals surface area contributed by atoms with Gasteiger partial charge >= 0.3 is 11.9 Å². The van der Waals surface area contributed by atoms with Gasteiger partial charge in [0, 0.05) is 12.8 Å². The minimum Gasteiger partial charge on any atom is -0.545 e. The van der Waals surface area contributed by atoms with Crippen LogP contribution in [0.3, 0.4) is 0 Å². The first-order chi connectivity index (χ1) is 33.1. The van der Waals surface area contributed by atoms with Crippen LogP contribution in [0.4, 0.5) is 0 Å². The molecular weight excluding hydrogens is 851 g/mol. The van der Waals surface area contributed by atoms with Crippen LogP contribution in [0.5, 0.6) is 0 Å². The van der Waals surface area contributed by atoms with E-state index in [4.69, 9.17) is 18.9 Å². The van der Waals surface area contributed by atoms with Crippen LogP contribution in [-0.2, 0) is 33.3 Å². The van der Waals surface area contributed by atoms with Gasteiger partial charge in [0.05, 0.1) is 40.3 Å². The second kappa shape index (κ2) is 50.6. The molecule has 68 heavy (non-hydrogen) atoms. The molecule has 396 valence electrons. The Balaban J connectivity index is 3.84. The van der Waals surface area contributed by atoms with Crippen molar-refractivity contribution in [2.24, 2.45) is 0 Å². The molecule has 0 bridgehead atoms. The highest BCUT2D eigenvalue weighted by atomic mass is 16.7. The number of rotatable bonds is 52. The number of carboxylic acid groups (broad SMARTS) is 1. The van der Waals surface area contributed by atoms with Gasteiger partial charge in [-0.25, -0.2) is 0 Å². The zero-order chi connectivity index (χ0) is 49.9. The van der Waals surface area contributed by atoms with E-state index in [9.17, 15) is 19.5 Å². The average Bonchev–Trinajstić information content (AvgIpc) is 3.30. The number of carbonyl (C=O) groups is 3. The van der Waals surface area contributed by atoms with E-state index in [1.54, 1.807) is 0 Å². The lowest BCUT2D eigenvalue weighted by Gasteiger charge is -2.26. The number of carboxylic acids is 1. The quantitative estimate of drug-likeness (QED) is 0.0195. The van der Waals surface area contributed by atoms with Crippen molar-refractivity contribution in [2.45, 2.75) is 264 Å². The van der Waals surface area contributed by atoms with Gasteiger partial charge in [0.25, 0.3) is 0 Å². The number of carbonyl (C=O) groups excluding carboxylic acids is 3. The number of hydrogen-bond donors (Lipinski definition) is 0. The Morgan fingerprint density at radius 2 is 0.838 bits per heavy atom.